The summed E-state index contributed by atoms with van der Waals surface area (Å²) in [5, 5.41) is 9.62. The van der Waals surface area contributed by atoms with Gasteiger partial charge in [-0.15, -0.1) is 0 Å². The van der Waals surface area contributed by atoms with Crippen molar-refractivity contribution in [3.05, 3.63) is 60.3 Å². The molecule has 2 atom stereocenters. The lowest BCUT2D eigenvalue weighted by molar-refractivity contribution is -0.104. The molecule has 2 fully saturated rings. The van der Waals surface area contributed by atoms with Gasteiger partial charge in [0.15, 0.2) is 0 Å². The van der Waals surface area contributed by atoms with Crippen molar-refractivity contribution in [2.75, 3.05) is 25.9 Å². The minimum Gasteiger partial charge on any atom is -0.507 e. The van der Waals surface area contributed by atoms with Crippen LogP contribution in [0.1, 0.15) is 30.4 Å². The Morgan fingerprint density at radius 3 is 2.67 bits per heavy atom. The molecule has 6 N–H and O–H groups in total. The number of phenolic OH excluding ortho intramolecular Hbond substituents is 1. The third-order valence-electron chi connectivity index (χ3n) is 5.17. The van der Waals surface area contributed by atoms with Gasteiger partial charge in [0.1, 0.15) is 17.9 Å². The van der Waals surface area contributed by atoms with E-state index < -0.39 is 0 Å². The highest BCUT2D eigenvalue weighted by Crippen LogP contribution is 2.26. The number of aldehydes is 1. The van der Waals surface area contributed by atoms with Gasteiger partial charge in [-0.1, -0.05) is 18.7 Å². The first kappa shape index (κ1) is 23.3. The van der Waals surface area contributed by atoms with Gasteiger partial charge in [0.05, 0.1) is 6.10 Å². The first-order chi connectivity index (χ1) is 14.5. The van der Waals surface area contributed by atoms with Crippen molar-refractivity contribution >= 4 is 23.9 Å². The predicted molar refractivity (Wildman–Crippen MR) is 122 cm³/mol. The number of rotatable bonds is 3. The first-order valence-corrected chi connectivity index (χ1v) is 10.0. The van der Waals surface area contributed by atoms with E-state index in [0.29, 0.717) is 29.5 Å². The van der Waals surface area contributed by atoms with E-state index in [1.165, 1.54) is 31.9 Å². The molecule has 7 heteroatoms. The molecule has 0 spiro atoms. The molecule has 4 rings (SSSR count). The standard InChI is InChI=1S/C12H13N3O.C8H15NO.C3H4O/c13-10(7-8-5-6-15-12(8)14)9-3-1-2-4-11(9)16;1-9-5-4-8-7(9)3-2-6-10-8;1-2-3-4/h1-7,15-16H,13-14H2;7-8H,2-6H2,1H3;2-3H,1H2/b10-7-;;. The van der Waals surface area contributed by atoms with Gasteiger partial charge in [0.2, 0.25) is 0 Å². The molecule has 3 heterocycles. The quantitative estimate of drug-likeness (QED) is 0.455. The smallest absolute Gasteiger partial charge is 0.142 e. The fraction of sp³-hybridized carbons (Fsp3) is 0.348. The van der Waals surface area contributed by atoms with Crippen LogP contribution in [0.3, 0.4) is 0 Å². The minimum atomic E-state index is 0.158. The number of aromatic hydroxyl groups is 1. The van der Waals surface area contributed by atoms with Crippen LogP contribution < -0.4 is 11.5 Å². The summed E-state index contributed by atoms with van der Waals surface area (Å²) in [6.07, 6.45) is 9.72. The van der Waals surface area contributed by atoms with Crippen LogP contribution in [0.5, 0.6) is 5.75 Å². The predicted octanol–water partition coefficient (Wildman–Crippen LogP) is 3.00. The maximum Gasteiger partial charge on any atom is 0.142 e. The molecule has 1 aromatic heterocycles. The molecule has 0 radical (unpaired) electrons. The lowest BCUT2D eigenvalue weighted by atomic mass is 10.0. The van der Waals surface area contributed by atoms with Gasteiger partial charge in [0, 0.05) is 42.2 Å². The monoisotopic (exact) mass is 412 g/mol. The Bertz CT molecular complexity index is 838. The number of carbonyl (C=O) groups excluding carboxylic acids is 1. The summed E-state index contributed by atoms with van der Waals surface area (Å²) in [5.41, 5.74) is 13.5. The number of allylic oxidation sites excluding steroid dienone is 1. The normalized spacial score (nSPS) is 20.8. The number of H-pyrrole nitrogens is 1. The molecule has 1 aromatic carbocycles. The molecular formula is C23H32N4O3. The van der Waals surface area contributed by atoms with Gasteiger partial charge in [-0.3, -0.25) is 4.79 Å². The number of anilines is 1. The summed E-state index contributed by atoms with van der Waals surface area (Å²) in [6, 6.07) is 9.48. The summed E-state index contributed by atoms with van der Waals surface area (Å²) >= 11 is 0. The second-order valence-electron chi connectivity index (χ2n) is 7.22. The first-order valence-electron chi connectivity index (χ1n) is 10.0. The van der Waals surface area contributed by atoms with E-state index in [0.717, 1.165) is 18.2 Å². The largest absolute Gasteiger partial charge is 0.507 e. The second kappa shape index (κ2) is 11.8. The second-order valence-corrected chi connectivity index (χ2v) is 7.22. The van der Waals surface area contributed by atoms with Crippen molar-refractivity contribution in [2.45, 2.75) is 31.4 Å². The van der Waals surface area contributed by atoms with Gasteiger partial charge in [-0.2, -0.15) is 0 Å². The minimum absolute atomic E-state index is 0.158. The van der Waals surface area contributed by atoms with E-state index >= 15 is 0 Å². The Balaban J connectivity index is 0.000000194. The SMILES string of the molecule is C=CC=O.CN1CCC2OCCCC21.N/C(=C\c1cc[nH]c1N)c1ccccc1O. The average Bonchev–Trinajstić information content (AvgIpc) is 3.34. The lowest BCUT2D eigenvalue weighted by Gasteiger charge is -2.29. The highest BCUT2D eigenvalue weighted by molar-refractivity contribution is 5.84. The van der Waals surface area contributed by atoms with Gasteiger partial charge < -0.3 is 31.2 Å². The van der Waals surface area contributed by atoms with Crippen molar-refractivity contribution in [1.82, 2.24) is 9.88 Å². The van der Waals surface area contributed by atoms with Crippen LogP contribution in [-0.4, -0.2) is 53.6 Å². The summed E-state index contributed by atoms with van der Waals surface area (Å²) in [4.78, 5) is 14.3. The zero-order chi connectivity index (χ0) is 21.9. The molecule has 30 heavy (non-hydrogen) atoms. The van der Waals surface area contributed by atoms with Crippen molar-refractivity contribution in [2.24, 2.45) is 5.73 Å². The number of aromatic nitrogens is 1. The zero-order valence-corrected chi connectivity index (χ0v) is 17.5. The number of ether oxygens (including phenoxy) is 1. The van der Waals surface area contributed by atoms with E-state index in [-0.39, 0.29) is 5.75 Å². The van der Waals surface area contributed by atoms with Gasteiger partial charge in [0.25, 0.3) is 0 Å². The van der Waals surface area contributed by atoms with Crippen LogP contribution in [-0.2, 0) is 9.53 Å². The molecule has 0 aliphatic carbocycles. The number of benzene rings is 1. The fourth-order valence-electron chi connectivity index (χ4n) is 3.58. The molecule has 0 bridgehead atoms. The fourth-order valence-corrected chi connectivity index (χ4v) is 3.58. The summed E-state index contributed by atoms with van der Waals surface area (Å²) in [5.74, 6) is 0.712. The van der Waals surface area contributed by atoms with Crippen LogP contribution >= 0.6 is 0 Å². The third kappa shape index (κ3) is 6.50. The number of likely N-dealkylation sites (N-methyl/N-ethyl adjacent to an activating group) is 1. The van der Waals surface area contributed by atoms with Crippen molar-refractivity contribution in [3.8, 4) is 5.75 Å². The van der Waals surface area contributed by atoms with Crippen molar-refractivity contribution in [3.63, 3.8) is 0 Å². The van der Waals surface area contributed by atoms with E-state index in [2.05, 4.69) is 23.5 Å². The number of carbonyl (C=O) groups is 1. The van der Waals surface area contributed by atoms with E-state index in [1.807, 2.05) is 12.1 Å². The Morgan fingerprint density at radius 2 is 2.07 bits per heavy atom. The molecular weight excluding hydrogens is 380 g/mol. The molecule has 2 aliphatic rings. The molecule has 2 aromatic rings. The van der Waals surface area contributed by atoms with Crippen LogP contribution in [0.2, 0.25) is 0 Å². The molecule has 2 saturated heterocycles. The number of phenols is 1. The zero-order valence-electron chi connectivity index (χ0n) is 17.5. The highest BCUT2D eigenvalue weighted by atomic mass is 16.5. The topological polar surface area (TPSA) is 118 Å². The molecule has 162 valence electrons. The van der Waals surface area contributed by atoms with Crippen LogP contribution in [0.15, 0.2) is 49.2 Å². The Kier molecular flexibility index (Phi) is 9.18. The molecule has 2 unspecified atom stereocenters. The van der Waals surface area contributed by atoms with Gasteiger partial charge in [-0.25, -0.2) is 0 Å². The number of aromatic amines is 1. The Hall–Kier alpha value is -3.03. The Labute approximate surface area is 178 Å². The molecule has 0 amide bonds. The van der Waals surface area contributed by atoms with Gasteiger partial charge in [-0.05, 0) is 56.7 Å². The van der Waals surface area contributed by atoms with Crippen LogP contribution in [0, 0.1) is 0 Å². The molecule has 0 saturated carbocycles. The number of nitrogens with zero attached hydrogens (tertiary/aromatic N) is 1. The van der Waals surface area contributed by atoms with Gasteiger partial charge >= 0.3 is 0 Å². The number of nitrogens with two attached hydrogens (primary N) is 2. The summed E-state index contributed by atoms with van der Waals surface area (Å²) < 4.78 is 5.63. The number of nitrogen functional groups attached to an aromatic ring is 1. The van der Waals surface area contributed by atoms with Crippen LogP contribution in [0.25, 0.3) is 11.8 Å². The Morgan fingerprint density at radius 1 is 1.33 bits per heavy atom. The maximum absolute atomic E-state index is 9.62. The number of hydrogen-bond acceptors (Lipinski definition) is 6. The third-order valence-corrected chi connectivity index (χ3v) is 5.17. The van der Waals surface area contributed by atoms with Crippen molar-refractivity contribution in [1.29, 1.82) is 0 Å². The van der Waals surface area contributed by atoms with E-state index in [4.69, 9.17) is 21.0 Å². The van der Waals surface area contributed by atoms with E-state index in [1.54, 1.807) is 30.5 Å². The summed E-state index contributed by atoms with van der Waals surface area (Å²) in [7, 11) is 2.21. The van der Waals surface area contributed by atoms with E-state index in [9.17, 15) is 5.11 Å². The maximum atomic E-state index is 9.62. The number of para-hydroxylation sites is 1. The van der Waals surface area contributed by atoms with Crippen LogP contribution in [0.4, 0.5) is 5.82 Å². The number of fused-ring (bicyclic) bond motifs is 1. The lowest BCUT2D eigenvalue weighted by Crippen LogP contribution is -2.37. The summed E-state index contributed by atoms with van der Waals surface area (Å²) in [6.45, 7) is 5.34. The number of likely N-dealkylation sites (tertiary alicyclic amines) is 1. The number of nitrogens with one attached hydrogen (secondary N) is 1. The highest BCUT2D eigenvalue weighted by Gasteiger charge is 2.34. The molecule has 2 aliphatic heterocycles. The number of hydrogen-bond donors (Lipinski definition) is 4. The molecule has 7 nitrogen and oxygen atoms in total. The van der Waals surface area contributed by atoms with Crippen molar-refractivity contribution < 1.29 is 14.6 Å². The average molecular weight is 413 g/mol.